The molecule has 0 aromatic carbocycles. The second kappa shape index (κ2) is 10.1. The van der Waals surface area contributed by atoms with E-state index in [0.717, 1.165) is 50.7 Å². The summed E-state index contributed by atoms with van der Waals surface area (Å²) >= 11 is 1.87. The number of thioether (sulfide) groups is 1. The maximum Gasteiger partial charge on any atom is 0.427 e. The molecule has 0 aromatic heterocycles. The van der Waals surface area contributed by atoms with Crippen LogP contribution in [-0.2, 0) is 19.1 Å². The smallest absolute Gasteiger partial charge is 0.427 e. The summed E-state index contributed by atoms with van der Waals surface area (Å²) in [4.78, 5) is 38.8. The first-order chi connectivity index (χ1) is 18.7. The molecule has 1 heterocycles. The number of hydrazone groups is 1. The van der Waals surface area contributed by atoms with Gasteiger partial charge in [0.1, 0.15) is 6.10 Å². The van der Waals surface area contributed by atoms with E-state index in [1.807, 2.05) is 18.7 Å². The molecule has 4 fully saturated rings. The third-order valence-electron chi connectivity index (χ3n) is 11.3. The zero-order chi connectivity index (χ0) is 29.3. The Hall–Kier alpha value is -2.03. The fraction of sp³-hybridized carbons (Fsp3) is 0.806. The maximum absolute atomic E-state index is 13.2. The van der Waals surface area contributed by atoms with Crippen molar-refractivity contribution in [2.75, 3.05) is 6.61 Å². The van der Waals surface area contributed by atoms with E-state index in [2.05, 4.69) is 49.2 Å². The lowest BCUT2D eigenvalue weighted by atomic mass is 9.47. The Bertz CT molecular complexity index is 1150. The zero-order valence-corrected chi connectivity index (χ0v) is 26.3. The Kier molecular flexibility index (Phi) is 7.41. The van der Waals surface area contributed by atoms with Crippen molar-refractivity contribution in [1.29, 1.82) is 0 Å². The molecule has 0 spiro atoms. The molecule has 1 saturated heterocycles. The van der Waals surface area contributed by atoms with E-state index < -0.39 is 10.8 Å². The molecule has 1 aliphatic heterocycles. The predicted octanol–water partition coefficient (Wildman–Crippen LogP) is 6.05. The van der Waals surface area contributed by atoms with Gasteiger partial charge in [0.05, 0.1) is 28.0 Å². The molecule has 5 aliphatic rings. The first-order valence-corrected chi connectivity index (χ1v) is 15.9. The number of nitrogens with one attached hydrogen (secondary N) is 1. The van der Waals surface area contributed by atoms with Crippen LogP contribution in [0.5, 0.6) is 0 Å². The van der Waals surface area contributed by atoms with Crippen molar-refractivity contribution in [3.05, 3.63) is 11.6 Å². The molecule has 0 radical (unpaired) electrons. The van der Waals surface area contributed by atoms with Crippen LogP contribution in [0.4, 0.5) is 4.79 Å². The van der Waals surface area contributed by atoms with Crippen LogP contribution >= 0.6 is 11.8 Å². The fourth-order valence-corrected chi connectivity index (χ4v) is 12.1. The number of nitrogens with zero attached hydrogens (tertiary/aromatic N) is 2. The van der Waals surface area contributed by atoms with Gasteiger partial charge in [-0.3, -0.25) is 9.59 Å². The number of hydrogen-bond acceptors (Lipinski definition) is 7. The number of esters is 1. The number of hydrogen-bond donors (Lipinski definition) is 1. The lowest BCUT2D eigenvalue weighted by Gasteiger charge is -2.59. The first kappa shape index (κ1) is 29.5. The molecular formula is C31H47N3O5S. The monoisotopic (exact) mass is 573 g/mol. The number of carbonyl (C=O) groups excluding carboxylic acids is 3. The number of fused-ring (bicyclic) bond motifs is 7. The van der Waals surface area contributed by atoms with Gasteiger partial charge < -0.3 is 14.4 Å². The summed E-state index contributed by atoms with van der Waals surface area (Å²) < 4.78 is 10.3. The minimum atomic E-state index is -0.550. The molecule has 2 amide bonds. The number of allylic oxidation sites excluding steroid dienone is 1. The molecule has 0 bridgehead atoms. The van der Waals surface area contributed by atoms with Crippen molar-refractivity contribution in [3.63, 3.8) is 0 Å². The molecule has 222 valence electrons. The van der Waals surface area contributed by atoms with Crippen molar-refractivity contribution in [2.45, 2.75) is 122 Å². The van der Waals surface area contributed by atoms with Crippen LogP contribution in [0.3, 0.4) is 0 Å². The van der Waals surface area contributed by atoms with E-state index in [0.29, 0.717) is 17.8 Å². The molecular weight excluding hydrogens is 526 g/mol. The van der Waals surface area contributed by atoms with Crippen LogP contribution in [0, 0.1) is 28.6 Å². The highest BCUT2D eigenvalue weighted by molar-refractivity contribution is 8.03. The summed E-state index contributed by atoms with van der Waals surface area (Å²) in [6.07, 6.45) is 8.85. The van der Waals surface area contributed by atoms with Crippen LogP contribution in [-0.4, -0.2) is 57.0 Å². The van der Waals surface area contributed by atoms with Crippen molar-refractivity contribution in [1.82, 2.24) is 10.3 Å². The van der Waals surface area contributed by atoms with Crippen molar-refractivity contribution >= 4 is 35.4 Å². The van der Waals surface area contributed by atoms with Crippen LogP contribution in [0.25, 0.3) is 0 Å². The Balaban J connectivity index is 1.52. The van der Waals surface area contributed by atoms with Gasteiger partial charge in [0, 0.05) is 20.3 Å². The van der Waals surface area contributed by atoms with E-state index in [4.69, 9.17) is 9.47 Å². The molecule has 40 heavy (non-hydrogen) atoms. The third-order valence-corrected chi connectivity index (χ3v) is 13.4. The van der Waals surface area contributed by atoms with Gasteiger partial charge in [0.2, 0.25) is 5.91 Å². The van der Waals surface area contributed by atoms with Gasteiger partial charge in [-0.25, -0.2) is 10.2 Å². The highest BCUT2D eigenvalue weighted by Gasteiger charge is 2.75. The molecule has 3 saturated carbocycles. The van der Waals surface area contributed by atoms with Crippen molar-refractivity contribution in [3.8, 4) is 0 Å². The largest absolute Gasteiger partial charge is 0.462 e. The van der Waals surface area contributed by atoms with E-state index in [9.17, 15) is 14.4 Å². The standard InChI is InChI=1S/C31H47N3O5S/c1-9-38-27(37)33-32-18(2)31-26(34(19(3)35)28(5,6)40-31)17-25-23-11-10-21-16-22(39-20(4)36)12-14-29(21,7)24(23)13-15-30(25,31)8/h10,22-26H,9,11-17H2,1-8H3,(H,33,37)/b32-18+. The quantitative estimate of drug-likeness (QED) is 0.190. The Morgan fingerprint density at radius 1 is 1.10 bits per heavy atom. The van der Waals surface area contributed by atoms with E-state index >= 15 is 0 Å². The first-order valence-electron chi connectivity index (χ1n) is 15.1. The fourth-order valence-electron chi connectivity index (χ4n) is 9.96. The molecule has 8 atom stereocenters. The summed E-state index contributed by atoms with van der Waals surface area (Å²) in [5.74, 6) is 1.41. The summed E-state index contributed by atoms with van der Waals surface area (Å²) in [6.45, 7) is 16.5. The molecule has 8 nitrogen and oxygen atoms in total. The molecule has 5 rings (SSSR count). The number of amides is 2. The van der Waals surface area contributed by atoms with Crippen LogP contribution in [0.2, 0.25) is 0 Å². The zero-order valence-electron chi connectivity index (χ0n) is 25.5. The average Bonchev–Trinajstić information content (AvgIpc) is 3.26. The molecule has 9 heteroatoms. The Morgan fingerprint density at radius 2 is 1.82 bits per heavy atom. The van der Waals surface area contributed by atoms with Crippen LogP contribution in [0.1, 0.15) is 100 Å². The van der Waals surface area contributed by atoms with Crippen LogP contribution in [0.15, 0.2) is 16.8 Å². The van der Waals surface area contributed by atoms with Gasteiger partial charge >= 0.3 is 12.1 Å². The Labute approximate surface area is 243 Å². The van der Waals surface area contributed by atoms with Gasteiger partial charge in [-0.15, -0.1) is 11.8 Å². The SMILES string of the molecule is CCOC(=O)N/N=C(\C)C12SC(C)(C)N(C(C)=O)C1CC1C3CC=C4CC(OC(C)=O)CCC4(C)C3CCC12C. The molecule has 4 aliphatic carbocycles. The minimum Gasteiger partial charge on any atom is -0.462 e. The van der Waals surface area contributed by atoms with Crippen molar-refractivity contribution < 1.29 is 23.9 Å². The van der Waals surface area contributed by atoms with Gasteiger partial charge in [-0.2, -0.15) is 5.10 Å². The van der Waals surface area contributed by atoms with Gasteiger partial charge in [-0.05, 0) is 94.8 Å². The number of rotatable bonds is 4. The number of carbonyl (C=O) groups is 3. The lowest BCUT2D eigenvalue weighted by molar-refractivity contribution is -0.148. The highest BCUT2D eigenvalue weighted by atomic mass is 32.2. The summed E-state index contributed by atoms with van der Waals surface area (Å²) in [7, 11) is 0. The Morgan fingerprint density at radius 3 is 2.48 bits per heavy atom. The lowest BCUT2D eigenvalue weighted by Crippen LogP contribution is -2.58. The van der Waals surface area contributed by atoms with E-state index in [1.54, 1.807) is 13.8 Å². The highest BCUT2D eigenvalue weighted by Crippen LogP contribution is 2.74. The average molecular weight is 574 g/mol. The second-order valence-corrected chi connectivity index (χ2v) is 15.5. The van der Waals surface area contributed by atoms with Gasteiger partial charge in [-0.1, -0.05) is 25.5 Å². The normalized spacial score (nSPS) is 41.6. The van der Waals surface area contributed by atoms with Crippen LogP contribution < -0.4 is 5.43 Å². The van der Waals surface area contributed by atoms with E-state index in [1.165, 1.54) is 12.5 Å². The van der Waals surface area contributed by atoms with Gasteiger partial charge in [0.15, 0.2) is 0 Å². The molecule has 8 unspecified atom stereocenters. The van der Waals surface area contributed by atoms with Gasteiger partial charge in [0.25, 0.3) is 0 Å². The predicted molar refractivity (Wildman–Crippen MR) is 157 cm³/mol. The summed E-state index contributed by atoms with van der Waals surface area (Å²) in [5.41, 5.74) is 5.00. The van der Waals surface area contributed by atoms with E-state index in [-0.39, 0.29) is 46.3 Å². The summed E-state index contributed by atoms with van der Waals surface area (Å²) in [6, 6.07) is 0.00406. The third kappa shape index (κ3) is 4.23. The molecule has 1 N–H and O–H groups in total. The summed E-state index contributed by atoms with van der Waals surface area (Å²) in [5, 5.41) is 4.65. The van der Waals surface area contributed by atoms with Crippen molar-refractivity contribution in [2.24, 2.45) is 33.7 Å². The maximum atomic E-state index is 13.2. The topological polar surface area (TPSA) is 97.3 Å². The molecule has 0 aromatic rings. The number of ether oxygens (including phenoxy) is 2. The second-order valence-electron chi connectivity index (χ2n) is 13.6. The minimum absolute atomic E-state index is 0.00406.